The van der Waals surface area contributed by atoms with Crippen molar-refractivity contribution in [2.45, 2.75) is 26.1 Å². The Hall–Kier alpha value is -4.16. The molecule has 0 spiro atoms. The second kappa shape index (κ2) is 9.13. The number of anilines is 2. The molecule has 0 saturated carbocycles. The molecule has 0 bridgehead atoms. The highest BCUT2D eigenvalue weighted by Gasteiger charge is 2.34. The number of hydrogen-bond acceptors (Lipinski definition) is 7. The van der Waals surface area contributed by atoms with E-state index in [1.807, 2.05) is 0 Å². The van der Waals surface area contributed by atoms with Crippen molar-refractivity contribution in [3.05, 3.63) is 46.3 Å². The van der Waals surface area contributed by atoms with E-state index in [1.165, 1.54) is 23.6 Å². The van der Waals surface area contributed by atoms with Gasteiger partial charge < -0.3 is 19.7 Å². The fourth-order valence-corrected chi connectivity index (χ4v) is 4.59. The second-order valence-corrected chi connectivity index (χ2v) is 8.57. The first kappa shape index (κ1) is 23.6. The van der Waals surface area contributed by atoms with Gasteiger partial charge in [0.1, 0.15) is 11.8 Å². The first-order valence-electron chi connectivity index (χ1n) is 11.4. The molecule has 1 N–H and O–H groups in total. The summed E-state index contributed by atoms with van der Waals surface area (Å²) in [5.74, 6) is -1.60. The van der Waals surface area contributed by atoms with Gasteiger partial charge in [0.05, 0.1) is 44.4 Å². The Kier molecular flexibility index (Phi) is 5.98. The Morgan fingerprint density at radius 1 is 1.14 bits per heavy atom. The van der Waals surface area contributed by atoms with Crippen LogP contribution in [-0.2, 0) is 22.6 Å². The monoisotopic (exact) mass is 502 g/mol. The van der Waals surface area contributed by atoms with E-state index in [2.05, 4.69) is 10.3 Å². The number of amides is 2. The van der Waals surface area contributed by atoms with Gasteiger partial charge in [0, 0.05) is 38.2 Å². The third kappa shape index (κ3) is 4.10. The van der Waals surface area contributed by atoms with Crippen LogP contribution in [0.4, 0.5) is 25.0 Å². The molecule has 5 rings (SSSR count). The topological polar surface area (TPSA) is 111 Å². The maximum atomic E-state index is 15.2. The van der Waals surface area contributed by atoms with Crippen molar-refractivity contribution in [2.75, 3.05) is 43.1 Å². The fourth-order valence-electron chi connectivity index (χ4n) is 4.59. The van der Waals surface area contributed by atoms with Gasteiger partial charge in [-0.1, -0.05) is 0 Å². The van der Waals surface area contributed by atoms with Crippen molar-refractivity contribution >= 4 is 34.4 Å². The van der Waals surface area contributed by atoms with Crippen LogP contribution in [0.15, 0.2) is 29.1 Å². The summed E-state index contributed by atoms with van der Waals surface area (Å²) in [6, 6.07) is 5.43. The van der Waals surface area contributed by atoms with E-state index in [9.17, 15) is 14.4 Å². The highest BCUT2D eigenvalue weighted by Crippen LogP contribution is 2.31. The summed E-state index contributed by atoms with van der Waals surface area (Å²) in [4.78, 5) is 43.2. The predicted molar refractivity (Wildman–Crippen MR) is 125 cm³/mol. The molecule has 2 amide bonds. The van der Waals surface area contributed by atoms with Gasteiger partial charge in [-0.15, -0.1) is 0 Å². The molecule has 0 unspecified atom stereocenters. The van der Waals surface area contributed by atoms with Crippen LogP contribution in [0.2, 0.25) is 0 Å². The van der Waals surface area contributed by atoms with Crippen LogP contribution < -0.4 is 25.4 Å². The first-order valence-corrected chi connectivity index (χ1v) is 11.4. The summed E-state index contributed by atoms with van der Waals surface area (Å²) < 4.78 is 44.0. The van der Waals surface area contributed by atoms with Gasteiger partial charge >= 0.3 is 6.09 Å². The third-order valence-corrected chi connectivity index (χ3v) is 6.31. The minimum absolute atomic E-state index is 0.0173. The highest BCUT2D eigenvalue weighted by molar-refractivity contribution is 5.90. The Balaban J connectivity index is 1.38. The van der Waals surface area contributed by atoms with E-state index in [-0.39, 0.29) is 62.1 Å². The number of hydrogen-bond donors (Lipinski definition) is 1. The van der Waals surface area contributed by atoms with Crippen LogP contribution in [0.5, 0.6) is 5.88 Å². The van der Waals surface area contributed by atoms with Gasteiger partial charge in [0.15, 0.2) is 17.3 Å². The molecule has 2 aliphatic heterocycles. The zero-order valence-corrected chi connectivity index (χ0v) is 19.7. The van der Waals surface area contributed by atoms with Crippen molar-refractivity contribution < 1.29 is 27.8 Å². The number of carbonyl (C=O) groups excluding carboxylic acids is 2. The summed E-state index contributed by atoms with van der Waals surface area (Å²) in [6.45, 7) is 2.35. The molecule has 0 radical (unpaired) electrons. The zero-order valence-electron chi connectivity index (χ0n) is 19.7. The SMILES string of the molecule is COc1ccc2c(=O)n3n(c2n1)CCN(c1c(F)cc(N2C[C@H](CNC(C)=O)OC2=O)cc1F)CC3. The Labute approximate surface area is 203 Å². The summed E-state index contributed by atoms with van der Waals surface area (Å²) in [5, 5.41) is 3.00. The zero-order chi connectivity index (χ0) is 25.6. The summed E-state index contributed by atoms with van der Waals surface area (Å²) in [5.41, 5.74) is -0.0167. The lowest BCUT2D eigenvalue weighted by molar-refractivity contribution is -0.119. The van der Waals surface area contributed by atoms with E-state index in [4.69, 9.17) is 9.47 Å². The number of nitrogens with one attached hydrogen (secondary N) is 1. The molecule has 36 heavy (non-hydrogen) atoms. The lowest BCUT2D eigenvalue weighted by Gasteiger charge is -2.24. The van der Waals surface area contributed by atoms with Gasteiger partial charge in [-0.3, -0.25) is 19.2 Å². The fraction of sp³-hybridized carbons (Fsp3) is 0.391. The third-order valence-electron chi connectivity index (χ3n) is 6.31. The molecule has 3 aromatic rings. The van der Waals surface area contributed by atoms with Gasteiger partial charge in [0.2, 0.25) is 11.8 Å². The largest absolute Gasteiger partial charge is 0.481 e. The molecule has 0 aliphatic carbocycles. The summed E-state index contributed by atoms with van der Waals surface area (Å²) >= 11 is 0. The number of halogens is 2. The molecule has 11 nitrogen and oxygen atoms in total. The molecule has 1 fully saturated rings. The van der Waals surface area contributed by atoms with Gasteiger partial charge in [0.25, 0.3) is 5.56 Å². The van der Waals surface area contributed by atoms with Crippen LogP contribution in [0, 0.1) is 11.6 Å². The smallest absolute Gasteiger partial charge is 0.414 e. The molecule has 1 atom stereocenters. The van der Waals surface area contributed by atoms with Crippen molar-refractivity contribution in [3.8, 4) is 5.88 Å². The van der Waals surface area contributed by atoms with Crippen LogP contribution in [0.3, 0.4) is 0 Å². The molecule has 2 aromatic heterocycles. The standard InChI is InChI=1S/C23H24F2N6O5/c1-13(32)26-11-15-12-29(23(34)36-15)14-9-17(24)20(18(25)10-14)28-5-7-30-21-16(3-4-19(27-21)35-2)22(33)31(30)8-6-28/h3-4,9-10,15H,5-8,11-12H2,1-2H3,(H,26,32)/t15-/m0/s1. The van der Waals surface area contributed by atoms with E-state index in [1.54, 1.807) is 16.8 Å². The first-order chi connectivity index (χ1) is 17.3. The van der Waals surface area contributed by atoms with E-state index in [0.29, 0.717) is 16.9 Å². The lowest BCUT2D eigenvalue weighted by Crippen LogP contribution is -2.33. The van der Waals surface area contributed by atoms with Crippen LogP contribution >= 0.6 is 0 Å². The Bertz CT molecular complexity index is 1400. The minimum atomic E-state index is -0.841. The molecular weight excluding hydrogens is 478 g/mol. The molecule has 13 heteroatoms. The van der Waals surface area contributed by atoms with Gasteiger partial charge in [-0.2, -0.15) is 4.98 Å². The number of rotatable bonds is 5. The van der Waals surface area contributed by atoms with Gasteiger partial charge in [-0.25, -0.2) is 18.3 Å². The van der Waals surface area contributed by atoms with Gasteiger partial charge in [-0.05, 0) is 6.07 Å². The molecule has 1 aromatic carbocycles. The van der Waals surface area contributed by atoms with Crippen LogP contribution in [-0.4, -0.2) is 65.7 Å². The van der Waals surface area contributed by atoms with Crippen molar-refractivity contribution in [1.82, 2.24) is 19.7 Å². The number of ether oxygens (including phenoxy) is 2. The maximum Gasteiger partial charge on any atom is 0.414 e. The minimum Gasteiger partial charge on any atom is -0.481 e. The van der Waals surface area contributed by atoms with E-state index in [0.717, 1.165) is 17.0 Å². The van der Waals surface area contributed by atoms with Crippen molar-refractivity contribution in [3.63, 3.8) is 0 Å². The molecular formula is C23H24F2N6O5. The average molecular weight is 502 g/mol. The van der Waals surface area contributed by atoms with Crippen LogP contribution in [0.25, 0.3) is 11.0 Å². The number of fused-ring (bicyclic) bond motifs is 3. The second-order valence-electron chi connectivity index (χ2n) is 8.57. The summed E-state index contributed by atoms with van der Waals surface area (Å²) in [6.07, 6.45) is -1.38. The molecule has 2 aliphatic rings. The number of nitrogens with zero attached hydrogens (tertiary/aromatic N) is 5. The van der Waals surface area contributed by atoms with Crippen molar-refractivity contribution in [1.29, 1.82) is 0 Å². The summed E-state index contributed by atoms with van der Waals surface area (Å²) in [7, 11) is 1.48. The molecule has 190 valence electrons. The van der Waals surface area contributed by atoms with Crippen LogP contribution in [0.1, 0.15) is 6.92 Å². The van der Waals surface area contributed by atoms with E-state index < -0.39 is 23.8 Å². The van der Waals surface area contributed by atoms with Crippen molar-refractivity contribution in [2.24, 2.45) is 0 Å². The number of pyridine rings is 1. The number of aromatic nitrogens is 3. The molecule has 1 saturated heterocycles. The lowest BCUT2D eigenvalue weighted by atomic mass is 10.2. The Morgan fingerprint density at radius 2 is 1.83 bits per heavy atom. The number of benzene rings is 1. The Morgan fingerprint density at radius 3 is 2.50 bits per heavy atom. The predicted octanol–water partition coefficient (Wildman–Crippen LogP) is 1.47. The normalized spacial score (nSPS) is 17.7. The highest BCUT2D eigenvalue weighted by atomic mass is 19.1. The average Bonchev–Trinajstić information content (AvgIpc) is 3.24. The molecule has 4 heterocycles. The quantitative estimate of drug-likeness (QED) is 0.563. The number of cyclic esters (lactones) is 1. The van der Waals surface area contributed by atoms with E-state index >= 15 is 8.78 Å². The maximum absolute atomic E-state index is 15.2. The number of carbonyl (C=O) groups is 2. The number of methoxy groups -OCH3 is 1.